The lowest BCUT2D eigenvalue weighted by Crippen LogP contribution is -2.52. The van der Waals surface area contributed by atoms with Gasteiger partial charge in [-0.3, -0.25) is 9.59 Å². The van der Waals surface area contributed by atoms with Crippen LogP contribution in [0.15, 0.2) is 18.2 Å². The van der Waals surface area contributed by atoms with Crippen LogP contribution in [0.1, 0.15) is 18.5 Å². The topological polar surface area (TPSA) is 84.2 Å². The Bertz CT molecular complexity index is 840. The number of aromatic nitrogens is 4. The molecule has 0 spiro atoms. The zero-order valence-corrected chi connectivity index (χ0v) is 15.9. The van der Waals surface area contributed by atoms with E-state index in [-0.39, 0.29) is 23.7 Å². The molecule has 26 heavy (non-hydrogen) atoms. The predicted molar refractivity (Wildman–Crippen MR) is 96.7 cm³/mol. The number of aryl methyl sites for hydroxylation is 1. The molecule has 0 aliphatic carbocycles. The molecule has 2 heterocycles. The highest BCUT2D eigenvalue weighted by atomic mass is 35.5. The van der Waals surface area contributed by atoms with E-state index in [1.54, 1.807) is 29.0 Å². The van der Waals surface area contributed by atoms with Crippen molar-refractivity contribution in [2.75, 3.05) is 25.5 Å². The van der Waals surface area contributed by atoms with Gasteiger partial charge in [-0.2, -0.15) is 4.80 Å². The molecule has 1 fully saturated rings. The van der Waals surface area contributed by atoms with E-state index in [2.05, 4.69) is 15.4 Å². The van der Waals surface area contributed by atoms with Crippen LogP contribution in [0.2, 0.25) is 5.02 Å². The van der Waals surface area contributed by atoms with Crippen molar-refractivity contribution < 1.29 is 9.59 Å². The van der Waals surface area contributed by atoms with Gasteiger partial charge in [-0.1, -0.05) is 11.6 Å². The number of piperazine rings is 1. The van der Waals surface area contributed by atoms with Gasteiger partial charge in [-0.05, 0) is 29.0 Å². The minimum absolute atomic E-state index is 0.0628. The second-order valence-electron chi connectivity index (χ2n) is 6.08. The van der Waals surface area contributed by atoms with E-state index in [1.807, 2.05) is 6.07 Å². The number of tetrazole rings is 1. The zero-order chi connectivity index (χ0) is 18.8. The maximum Gasteiger partial charge on any atom is 0.237 e. The Morgan fingerprint density at radius 3 is 2.65 bits per heavy atom. The van der Waals surface area contributed by atoms with Crippen LogP contribution in [0.3, 0.4) is 0 Å². The van der Waals surface area contributed by atoms with Gasteiger partial charge in [0.25, 0.3) is 0 Å². The SMILES string of the molecule is CC(=O)N1CCN(C(=O)CCl)C[C@@H]1c1cc(Cl)cc(-c2nnn(C)n2)c1. The van der Waals surface area contributed by atoms with Crippen molar-refractivity contribution in [3.8, 4) is 11.4 Å². The molecule has 2 aromatic rings. The van der Waals surface area contributed by atoms with E-state index >= 15 is 0 Å². The fraction of sp³-hybridized carbons (Fsp3) is 0.438. The Labute approximate surface area is 160 Å². The predicted octanol–water partition coefficient (Wildman–Crippen LogP) is 1.50. The summed E-state index contributed by atoms with van der Waals surface area (Å²) in [6, 6.07) is 5.09. The Kier molecular flexibility index (Phi) is 5.43. The molecule has 2 amide bonds. The number of amides is 2. The molecule has 0 bridgehead atoms. The molecule has 1 saturated heterocycles. The molecule has 1 aliphatic rings. The van der Waals surface area contributed by atoms with Crippen LogP contribution in [-0.4, -0.2) is 67.3 Å². The molecular formula is C16H18Cl2N6O2. The third-order valence-corrected chi connectivity index (χ3v) is 4.77. The first kappa shape index (κ1) is 18.6. The summed E-state index contributed by atoms with van der Waals surface area (Å²) in [5.74, 6) is 0.136. The van der Waals surface area contributed by atoms with Crippen molar-refractivity contribution in [3.05, 3.63) is 28.8 Å². The van der Waals surface area contributed by atoms with E-state index in [9.17, 15) is 9.59 Å². The van der Waals surface area contributed by atoms with Crippen molar-refractivity contribution in [1.82, 2.24) is 30.0 Å². The number of halogens is 2. The van der Waals surface area contributed by atoms with Gasteiger partial charge >= 0.3 is 0 Å². The third-order valence-electron chi connectivity index (χ3n) is 4.32. The minimum Gasteiger partial charge on any atom is -0.337 e. The van der Waals surface area contributed by atoms with Crippen LogP contribution >= 0.6 is 23.2 Å². The molecular weight excluding hydrogens is 379 g/mol. The molecule has 1 aromatic heterocycles. The molecule has 10 heteroatoms. The fourth-order valence-corrected chi connectivity index (χ4v) is 3.50. The lowest BCUT2D eigenvalue weighted by Gasteiger charge is -2.41. The van der Waals surface area contributed by atoms with Gasteiger partial charge in [0.05, 0.1) is 13.1 Å². The molecule has 1 aliphatic heterocycles. The van der Waals surface area contributed by atoms with Crippen molar-refractivity contribution in [2.24, 2.45) is 7.05 Å². The smallest absolute Gasteiger partial charge is 0.237 e. The van der Waals surface area contributed by atoms with Crippen LogP contribution in [0.4, 0.5) is 0 Å². The monoisotopic (exact) mass is 396 g/mol. The highest BCUT2D eigenvalue weighted by Gasteiger charge is 2.32. The number of nitrogens with zero attached hydrogens (tertiary/aromatic N) is 6. The van der Waals surface area contributed by atoms with E-state index in [0.29, 0.717) is 36.0 Å². The van der Waals surface area contributed by atoms with Crippen molar-refractivity contribution in [1.29, 1.82) is 0 Å². The highest BCUT2D eigenvalue weighted by Crippen LogP contribution is 2.31. The largest absolute Gasteiger partial charge is 0.337 e. The van der Waals surface area contributed by atoms with Crippen LogP contribution in [0.5, 0.6) is 0 Å². The van der Waals surface area contributed by atoms with Crippen LogP contribution in [-0.2, 0) is 16.6 Å². The number of rotatable bonds is 3. The summed E-state index contributed by atoms with van der Waals surface area (Å²) in [7, 11) is 1.68. The quantitative estimate of drug-likeness (QED) is 0.733. The lowest BCUT2D eigenvalue weighted by molar-refractivity contribution is -0.140. The van der Waals surface area contributed by atoms with Gasteiger partial charge in [0.15, 0.2) is 0 Å². The van der Waals surface area contributed by atoms with E-state index < -0.39 is 0 Å². The average Bonchev–Trinajstić information content (AvgIpc) is 3.06. The van der Waals surface area contributed by atoms with Gasteiger partial charge in [0, 0.05) is 37.1 Å². The number of hydrogen-bond donors (Lipinski definition) is 0. The third kappa shape index (κ3) is 3.81. The molecule has 0 radical (unpaired) electrons. The standard InChI is InChI=1S/C16H18Cl2N6O2/c1-10(25)24-4-3-23(15(26)8-17)9-14(24)11-5-12(7-13(18)6-11)16-19-21-22(2)20-16/h5-7,14H,3-4,8-9H2,1-2H3/t14-/m1/s1. The Balaban J connectivity index is 1.99. The van der Waals surface area contributed by atoms with Crippen LogP contribution in [0.25, 0.3) is 11.4 Å². The molecule has 3 rings (SSSR count). The van der Waals surface area contributed by atoms with Gasteiger partial charge in [0.2, 0.25) is 17.6 Å². The number of carbonyl (C=O) groups is 2. The average molecular weight is 397 g/mol. The number of benzene rings is 1. The van der Waals surface area contributed by atoms with Gasteiger partial charge in [-0.25, -0.2) is 0 Å². The summed E-state index contributed by atoms with van der Waals surface area (Å²) >= 11 is 12.0. The summed E-state index contributed by atoms with van der Waals surface area (Å²) in [4.78, 5) is 28.9. The van der Waals surface area contributed by atoms with Gasteiger partial charge in [-0.15, -0.1) is 21.8 Å². The van der Waals surface area contributed by atoms with Crippen molar-refractivity contribution in [2.45, 2.75) is 13.0 Å². The highest BCUT2D eigenvalue weighted by molar-refractivity contribution is 6.31. The first-order valence-corrected chi connectivity index (χ1v) is 8.96. The normalized spacial score (nSPS) is 17.5. The minimum atomic E-state index is -0.317. The summed E-state index contributed by atoms with van der Waals surface area (Å²) in [5, 5.41) is 12.5. The first-order chi connectivity index (χ1) is 12.4. The van der Waals surface area contributed by atoms with E-state index in [0.717, 1.165) is 5.56 Å². The van der Waals surface area contributed by atoms with Crippen LogP contribution < -0.4 is 0 Å². The summed E-state index contributed by atoms with van der Waals surface area (Å²) in [6.45, 7) is 2.77. The zero-order valence-electron chi connectivity index (χ0n) is 14.4. The van der Waals surface area contributed by atoms with Gasteiger partial charge < -0.3 is 9.80 Å². The van der Waals surface area contributed by atoms with Crippen LogP contribution in [0, 0.1) is 0 Å². The summed E-state index contributed by atoms with van der Waals surface area (Å²) in [6.07, 6.45) is 0. The van der Waals surface area contributed by atoms with Crippen molar-refractivity contribution >= 4 is 35.0 Å². The molecule has 0 saturated carbocycles. The molecule has 0 unspecified atom stereocenters. The van der Waals surface area contributed by atoms with Crippen molar-refractivity contribution in [3.63, 3.8) is 0 Å². The lowest BCUT2D eigenvalue weighted by atomic mass is 9.99. The molecule has 8 nitrogen and oxygen atoms in total. The number of alkyl halides is 1. The van der Waals surface area contributed by atoms with Gasteiger partial charge in [0.1, 0.15) is 5.88 Å². The number of hydrogen-bond acceptors (Lipinski definition) is 5. The molecule has 0 N–H and O–H groups in total. The maximum atomic E-state index is 12.1. The Morgan fingerprint density at radius 1 is 1.27 bits per heavy atom. The second-order valence-corrected chi connectivity index (χ2v) is 6.78. The molecule has 138 valence electrons. The van der Waals surface area contributed by atoms with E-state index in [4.69, 9.17) is 23.2 Å². The van der Waals surface area contributed by atoms with E-state index in [1.165, 1.54) is 11.7 Å². The fourth-order valence-electron chi connectivity index (χ4n) is 3.09. The summed E-state index contributed by atoms with van der Waals surface area (Å²) < 4.78 is 0. The maximum absolute atomic E-state index is 12.1. The second kappa shape index (κ2) is 7.59. The molecule has 1 atom stereocenters. The Morgan fingerprint density at radius 2 is 2.04 bits per heavy atom. The Hall–Kier alpha value is -2.19. The number of carbonyl (C=O) groups excluding carboxylic acids is 2. The first-order valence-electron chi connectivity index (χ1n) is 8.05. The summed E-state index contributed by atoms with van der Waals surface area (Å²) in [5.41, 5.74) is 1.51. The molecule has 1 aromatic carbocycles.